The highest BCUT2D eigenvalue weighted by Gasteiger charge is 2.40. The Bertz CT molecular complexity index is 2220. The number of ketones is 2. The lowest BCUT2D eigenvalue weighted by atomic mass is 9.87. The summed E-state index contributed by atoms with van der Waals surface area (Å²) in [5, 5.41) is 11.1. The van der Waals surface area contributed by atoms with Crippen LogP contribution in [0.4, 0.5) is 5.69 Å². The summed E-state index contributed by atoms with van der Waals surface area (Å²) < 4.78 is 14.8. The van der Waals surface area contributed by atoms with Crippen LogP contribution in [0, 0.1) is 0 Å². The average Bonchev–Trinajstić information content (AvgIpc) is 3.66. The van der Waals surface area contributed by atoms with E-state index in [-0.39, 0.29) is 35.7 Å². The van der Waals surface area contributed by atoms with E-state index in [4.69, 9.17) is 9.47 Å². The van der Waals surface area contributed by atoms with Gasteiger partial charge >= 0.3 is 0 Å². The lowest BCUT2D eigenvalue weighted by molar-refractivity contribution is -0.133. The van der Waals surface area contributed by atoms with Gasteiger partial charge in [0.15, 0.2) is 11.5 Å². The number of piperazine rings is 1. The smallest absolute Gasteiger partial charge is 0.255 e. The third kappa shape index (κ3) is 6.70. The number of halogens is 1. The third-order valence-electron chi connectivity index (χ3n) is 11.1. The van der Waals surface area contributed by atoms with Gasteiger partial charge in [-0.25, -0.2) is 0 Å². The van der Waals surface area contributed by atoms with Gasteiger partial charge in [-0.15, -0.1) is 11.3 Å². The SMILES string of the molecule is O=C1CCC(N2Cc3cc(N4CCN(C5CC(Oc6ccc(Oc7c(-c8ccc(Br)cc8)sc8cc(O)ccc78)cc6)C5)CC4)ccc3C2=O)C(=O)C1. The Morgan fingerprint density at radius 1 is 0.830 bits per heavy atom. The maximum atomic E-state index is 13.1. The molecule has 270 valence electrons. The van der Waals surface area contributed by atoms with E-state index in [1.165, 1.54) is 0 Å². The molecule has 11 heteroatoms. The third-order valence-corrected chi connectivity index (χ3v) is 12.8. The number of hydrogen-bond donors (Lipinski definition) is 1. The Labute approximate surface area is 319 Å². The van der Waals surface area contributed by atoms with Crippen molar-refractivity contribution in [3.8, 4) is 33.4 Å². The van der Waals surface area contributed by atoms with Gasteiger partial charge in [-0.05, 0) is 90.3 Å². The summed E-state index contributed by atoms with van der Waals surface area (Å²) in [6.07, 6.45) is 2.88. The number of fused-ring (bicyclic) bond motifs is 2. The number of Topliss-reactive ketones (excluding diaryl/α,β-unsaturated/α-hetero) is 2. The van der Waals surface area contributed by atoms with Crippen LogP contribution in [0.1, 0.15) is 48.0 Å². The molecule has 1 atom stereocenters. The van der Waals surface area contributed by atoms with Crippen molar-refractivity contribution in [2.75, 3.05) is 31.1 Å². The molecule has 9 nitrogen and oxygen atoms in total. The van der Waals surface area contributed by atoms with Crippen molar-refractivity contribution in [3.05, 3.63) is 101 Å². The molecule has 1 amide bonds. The van der Waals surface area contributed by atoms with E-state index >= 15 is 0 Å². The Morgan fingerprint density at radius 2 is 1.58 bits per heavy atom. The van der Waals surface area contributed by atoms with Crippen molar-refractivity contribution < 1.29 is 29.0 Å². The summed E-state index contributed by atoms with van der Waals surface area (Å²) in [5.74, 6) is 2.28. The number of rotatable bonds is 8. The minimum absolute atomic E-state index is 0.0293. The number of ether oxygens (including phenoxy) is 2. The van der Waals surface area contributed by atoms with Crippen LogP contribution < -0.4 is 14.4 Å². The van der Waals surface area contributed by atoms with Gasteiger partial charge in [0.05, 0.1) is 17.3 Å². The number of hydrogen-bond acceptors (Lipinski definition) is 9. The van der Waals surface area contributed by atoms with Gasteiger partial charge in [0.2, 0.25) is 0 Å². The second-order valence-corrected chi connectivity index (χ2v) is 16.4. The lowest BCUT2D eigenvalue weighted by Gasteiger charge is -2.46. The summed E-state index contributed by atoms with van der Waals surface area (Å²) in [6, 6.07) is 27.4. The van der Waals surface area contributed by atoms with Crippen molar-refractivity contribution in [2.24, 2.45) is 0 Å². The van der Waals surface area contributed by atoms with Gasteiger partial charge < -0.3 is 24.4 Å². The average molecular weight is 793 g/mol. The molecule has 2 aliphatic carbocycles. The van der Waals surface area contributed by atoms with Gasteiger partial charge in [0, 0.05) is 83.8 Å². The lowest BCUT2D eigenvalue weighted by Crippen LogP contribution is -2.56. The molecule has 5 aromatic rings. The van der Waals surface area contributed by atoms with Gasteiger partial charge in [0.1, 0.15) is 29.1 Å². The minimum Gasteiger partial charge on any atom is -0.508 e. The summed E-state index contributed by atoms with van der Waals surface area (Å²) in [6.45, 7) is 4.18. The van der Waals surface area contributed by atoms with Crippen LogP contribution in [0.3, 0.4) is 0 Å². The first-order chi connectivity index (χ1) is 25.8. The van der Waals surface area contributed by atoms with Crippen LogP contribution in [-0.4, -0.2) is 76.7 Å². The number of nitrogens with zero attached hydrogens (tertiary/aromatic N) is 3. The van der Waals surface area contributed by atoms with E-state index < -0.39 is 6.04 Å². The first kappa shape index (κ1) is 34.1. The number of benzene rings is 4. The van der Waals surface area contributed by atoms with Gasteiger partial charge in [0.25, 0.3) is 5.91 Å². The van der Waals surface area contributed by atoms with Crippen LogP contribution >= 0.6 is 27.3 Å². The second kappa shape index (κ2) is 13.9. The zero-order valence-electron chi connectivity index (χ0n) is 29.0. The molecular formula is C42H38BrN3O6S. The molecule has 9 rings (SSSR count). The number of thiophene rings is 1. The highest BCUT2D eigenvalue weighted by Crippen LogP contribution is 2.47. The molecule has 4 aliphatic rings. The number of phenolic OH excluding ortho intramolecular Hbond substituents is 1. The maximum absolute atomic E-state index is 13.1. The van der Waals surface area contributed by atoms with E-state index in [0.717, 1.165) is 92.5 Å². The zero-order valence-corrected chi connectivity index (χ0v) is 31.4. The largest absolute Gasteiger partial charge is 0.508 e. The van der Waals surface area contributed by atoms with Crippen molar-refractivity contribution in [1.82, 2.24) is 9.80 Å². The molecule has 2 saturated carbocycles. The molecule has 0 bridgehead atoms. The van der Waals surface area contributed by atoms with Crippen molar-refractivity contribution in [1.29, 1.82) is 0 Å². The fourth-order valence-corrected chi connectivity index (χ4v) is 9.53. The summed E-state index contributed by atoms with van der Waals surface area (Å²) in [5.41, 5.74) is 3.79. The Balaban J connectivity index is 0.776. The first-order valence-corrected chi connectivity index (χ1v) is 19.8. The van der Waals surface area contributed by atoms with E-state index in [1.807, 2.05) is 54.6 Å². The second-order valence-electron chi connectivity index (χ2n) is 14.4. The Kier molecular flexibility index (Phi) is 8.96. The Hall–Kier alpha value is -4.71. The highest BCUT2D eigenvalue weighted by atomic mass is 79.9. The van der Waals surface area contributed by atoms with Crippen LogP contribution in [0.15, 0.2) is 89.4 Å². The topological polar surface area (TPSA) is 99.6 Å². The van der Waals surface area contributed by atoms with Crippen LogP contribution in [0.5, 0.6) is 23.0 Å². The van der Waals surface area contributed by atoms with E-state index in [0.29, 0.717) is 31.0 Å². The summed E-state index contributed by atoms with van der Waals surface area (Å²) >= 11 is 5.12. The normalized spacial score (nSPS) is 21.9. The van der Waals surface area contributed by atoms with Crippen molar-refractivity contribution >= 4 is 60.5 Å². The van der Waals surface area contributed by atoms with Crippen LogP contribution in [0.25, 0.3) is 20.5 Å². The number of amides is 1. The predicted molar refractivity (Wildman–Crippen MR) is 208 cm³/mol. The highest BCUT2D eigenvalue weighted by molar-refractivity contribution is 9.10. The van der Waals surface area contributed by atoms with E-state index in [2.05, 4.69) is 43.9 Å². The van der Waals surface area contributed by atoms with E-state index in [1.54, 1.807) is 28.4 Å². The molecule has 1 aromatic heterocycles. The molecule has 0 radical (unpaired) electrons. The van der Waals surface area contributed by atoms with Crippen molar-refractivity contribution in [2.45, 2.75) is 56.8 Å². The molecule has 53 heavy (non-hydrogen) atoms. The number of carbonyl (C=O) groups excluding carboxylic acids is 3. The number of phenols is 1. The maximum Gasteiger partial charge on any atom is 0.255 e. The standard InChI is InChI=1S/C42H38BrN3O6S/c43-27-3-1-25(2-4-27)41-40(36-13-6-31(48)23-39(36)53-41)52-33-10-8-32(9-11-33)51-34-20-29(21-34)45-17-15-44(16-18-45)28-5-12-35-26(19-28)24-46(42(35)50)37-14-7-30(47)22-38(37)49/h1-6,8-13,19,23,29,34,37,48H,7,14-18,20-22,24H2. The fourth-order valence-electron chi connectivity index (χ4n) is 8.10. The zero-order chi connectivity index (χ0) is 36.2. The van der Waals surface area contributed by atoms with Gasteiger partial charge in [-0.2, -0.15) is 0 Å². The predicted octanol–water partition coefficient (Wildman–Crippen LogP) is 8.21. The first-order valence-electron chi connectivity index (χ1n) is 18.2. The molecule has 1 unspecified atom stereocenters. The quantitative estimate of drug-likeness (QED) is 0.157. The van der Waals surface area contributed by atoms with Crippen molar-refractivity contribution in [3.63, 3.8) is 0 Å². The Morgan fingerprint density at radius 3 is 2.34 bits per heavy atom. The molecule has 3 heterocycles. The monoisotopic (exact) mass is 791 g/mol. The number of carbonyl (C=O) groups is 3. The molecule has 3 fully saturated rings. The number of anilines is 1. The van der Waals surface area contributed by atoms with Crippen LogP contribution in [0.2, 0.25) is 0 Å². The molecule has 0 spiro atoms. The minimum atomic E-state index is -0.490. The van der Waals surface area contributed by atoms with Crippen LogP contribution in [-0.2, 0) is 16.1 Å². The molecule has 1 N–H and O–H groups in total. The molecular weight excluding hydrogens is 754 g/mol. The number of aromatic hydroxyl groups is 1. The summed E-state index contributed by atoms with van der Waals surface area (Å²) in [4.78, 5) is 45.0. The fraction of sp³-hybridized carbons (Fsp3) is 0.310. The molecule has 4 aromatic carbocycles. The van der Waals surface area contributed by atoms with Gasteiger partial charge in [-0.1, -0.05) is 28.1 Å². The van der Waals surface area contributed by atoms with E-state index in [9.17, 15) is 19.5 Å². The molecule has 1 saturated heterocycles. The molecule has 2 aliphatic heterocycles. The van der Waals surface area contributed by atoms with Gasteiger partial charge in [-0.3, -0.25) is 19.3 Å². The summed E-state index contributed by atoms with van der Waals surface area (Å²) in [7, 11) is 0.